The number of aryl methyl sites for hydroxylation is 2. The number of nitrogens with zero attached hydrogens (tertiary/aromatic N) is 2. The van der Waals surface area contributed by atoms with Gasteiger partial charge in [0, 0.05) is 24.3 Å². The third-order valence-corrected chi connectivity index (χ3v) is 7.28. The first-order valence-electron chi connectivity index (χ1n) is 9.06. The molecule has 1 aliphatic heterocycles. The Bertz CT molecular complexity index is 809. The van der Waals surface area contributed by atoms with Crippen molar-refractivity contribution in [2.45, 2.75) is 56.3 Å². The number of aromatic nitrogens is 2. The van der Waals surface area contributed by atoms with E-state index in [1.54, 1.807) is 30.2 Å². The van der Waals surface area contributed by atoms with Gasteiger partial charge in [-0.05, 0) is 44.1 Å². The fraction of sp³-hybridized carbons (Fsp3) is 0.667. The maximum Gasteiger partial charge on any atom is 0.263 e. The van der Waals surface area contributed by atoms with E-state index in [-0.39, 0.29) is 11.7 Å². The molecule has 1 atom stereocenters. The first-order chi connectivity index (χ1) is 12.3. The summed E-state index contributed by atoms with van der Waals surface area (Å²) in [4.78, 5) is 20.4. The average Bonchev–Trinajstić information content (AvgIpc) is 3.26. The molecule has 0 N–H and O–H groups in total. The Balaban J connectivity index is 1.72. The third-order valence-electron chi connectivity index (χ3n) is 4.98. The second kappa shape index (κ2) is 7.78. The Labute approximate surface area is 155 Å². The molecule has 4 rings (SSSR count). The van der Waals surface area contributed by atoms with Crippen LogP contribution in [0.1, 0.15) is 36.1 Å². The van der Waals surface area contributed by atoms with E-state index in [1.807, 2.05) is 4.57 Å². The van der Waals surface area contributed by atoms with Crippen molar-refractivity contribution in [1.82, 2.24) is 9.55 Å². The predicted octanol–water partition coefficient (Wildman–Crippen LogP) is 3.25. The van der Waals surface area contributed by atoms with Crippen molar-refractivity contribution < 1.29 is 9.47 Å². The quantitative estimate of drug-likeness (QED) is 0.569. The minimum Gasteiger partial charge on any atom is -0.383 e. The Morgan fingerprint density at radius 1 is 1.36 bits per heavy atom. The van der Waals surface area contributed by atoms with Gasteiger partial charge < -0.3 is 9.47 Å². The molecule has 0 saturated carbocycles. The van der Waals surface area contributed by atoms with Crippen LogP contribution in [0.25, 0.3) is 10.2 Å². The van der Waals surface area contributed by atoms with Crippen LogP contribution >= 0.6 is 23.1 Å². The highest BCUT2D eigenvalue weighted by atomic mass is 32.2. The lowest BCUT2D eigenvalue weighted by Crippen LogP contribution is -2.26. The normalized spacial score (nSPS) is 20.3. The number of rotatable bonds is 6. The van der Waals surface area contributed by atoms with Crippen molar-refractivity contribution in [2.75, 3.05) is 26.1 Å². The van der Waals surface area contributed by atoms with Crippen LogP contribution < -0.4 is 5.56 Å². The molecule has 0 unspecified atom stereocenters. The molecule has 2 aromatic rings. The Hall–Kier alpha value is -0.890. The summed E-state index contributed by atoms with van der Waals surface area (Å²) in [5.74, 6) is 0.857. The highest BCUT2D eigenvalue weighted by molar-refractivity contribution is 7.99. The lowest BCUT2D eigenvalue weighted by atomic mass is 9.97. The van der Waals surface area contributed by atoms with Crippen LogP contribution in [0, 0.1) is 0 Å². The first kappa shape index (κ1) is 17.5. The van der Waals surface area contributed by atoms with Crippen LogP contribution in [0.5, 0.6) is 0 Å². The van der Waals surface area contributed by atoms with Gasteiger partial charge in [0.1, 0.15) is 4.83 Å². The number of methoxy groups -OCH3 is 1. The molecule has 136 valence electrons. The topological polar surface area (TPSA) is 53.4 Å². The molecule has 25 heavy (non-hydrogen) atoms. The molecule has 0 aromatic carbocycles. The van der Waals surface area contributed by atoms with E-state index in [0.29, 0.717) is 13.2 Å². The second-order valence-corrected chi connectivity index (χ2v) is 8.75. The molecular weight excluding hydrogens is 356 g/mol. The SMILES string of the molecule is COCCn1c(SC[C@H]2CCCO2)nc2sc3c(c2c1=O)CCCC3. The fourth-order valence-electron chi connectivity index (χ4n) is 3.65. The van der Waals surface area contributed by atoms with Crippen LogP contribution in [-0.2, 0) is 28.9 Å². The molecule has 5 nitrogen and oxygen atoms in total. The summed E-state index contributed by atoms with van der Waals surface area (Å²) >= 11 is 3.37. The van der Waals surface area contributed by atoms with Crippen LogP contribution in [0.15, 0.2) is 9.95 Å². The van der Waals surface area contributed by atoms with Gasteiger partial charge in [-0.3, -0.25) is 9.36 Å². The lowest BCUT2D eigenvalue weighted by Gasteiger charge is -2.14. The number of hydrogen-bond acceptors (Lipinski definition) is 6. The highest BCUT2D eigenvalue weighted by Crippen LogP contribution is 2.35. The van der Waals surface area contributed by atoms with Crippen molar-refractivity contribution in [1.29, 1.82) is 0 Å². The van der Waals surface area contributed by atoms with Crippen molar-refractivity contribution >= 4 is 33.3 Å². The van der Waals surface area contributed by atoms with E-state index in [1.165, 1.54) is 23.3 Å². The zero-order valence-corrected chi connectivity index (χ0v) is 16.2. The summed E-state index contributed by atoms with van der Waals surface area (Å²) in [6, 6.07) is 0. The van der Waals surface area contributed by atoms with Crippen LogP contribution in [0.3, 0.4) is 0 Å². The van der Waals surface area contributed by atoms with Crippen molar-refractivity contribution in [3.05, 3.63) is 20.8 Å². The monoisotopic (exact) mass is 380 g/mol. The summed E-state index contributed by atoms with van der Waals surface area (Å²) in [6.07, 6.45) is 7.01. The van der Waals surface area contributed by atoms with Crippen molar-refractivity contribution in [2.24, 2.45) is 0 Å². The summed E-state index contributed by atoms with van der Waals surface area (Å²) in [7, 11) is 1.67. The Kier molecular flexibility index (Phi) is 5.45. The van der Waals surface area contributed by atoms with Gasteiger partial charge in [0.15, 0.2) is 5.16 Å². The molecule has 0 bridgehead atoms. The van der Waals surface area contributed by atoms with Gasteiger partial charge in [0.25, 0.3) is 5.56 Å². The van der Waals surface area contributed by atoms with E-state index in [4.69, 9.17) is 14.5 Å². The molecule has 1 aliphatic carbocycles. The van der Waals surface area contributed by atoms with E-state index in [0.717, 1.165) is 53.4 Å². The summed E-state index contributed by atoms with van der Waals surface area (Å²) < 4.78 is 12.8. The number of hydrogen-bond donors (Lipinski definition) is 0. The molecule has 1 fully saturated rings. The van der Waals surface area contributed by atoms with E-state index in [2.05, 4.69) is 0 Å². The largest absolute Gasteiger partial charge is 0.383 e. The maximum absolute atomic E-state index is 13.2. The fourth-order valence-corrected chi connectivity index (χ4v) is 6.05. The molecule has 2 aliphatic rings. The molecule has 2 aromatic heterocycles. The van der Waals surface area contributed by atoms with Gasteiger partial charge in [-0.1, -0.05) is 11.8 Å². The summed E-state index contributed by atoms with van der Waals surface area (Å²) in [6.45, 7) is 1.93. The van der Waals surface area contributed by atoms with Gasteiger partial charge in [-0.25, -0.2) is 4.98 Å². The first-order valence-corrected chi connectivity index (χ1v) is 10.9. The van der Waals surface area contributed by atoms with Crippen LogP contribution in [0.4, 0.5) is 0 Å². The molecular formula is C18H24N2O3S2. The van der Waals surface area contributed by atoms with Gasteiger partial charge in [-0.15, -0.1) is 11.3 Å². The molecule has 0 radical (unpaired) electrons. The van der Waals surface area contributed by atoms with E-state index < -0.39 is 0 Å². The standard InChI is InChI=1S/C18H24N2O3S2/c1-22-10-8-20-17(21)15-13-6-2-3-7-14(13)25-16(15)19-18(20)24-11-12-5-4-9-23-12/h12H,2-11H2,1H3/t12-/m1/s1. The third kappa shape index (κ3) is 3.52. The summed E-state index contributed by atoms with van der Waals surface area (Å²) in [5.41, 5.74) is 1.36. The number of ether oxygens (including phenoxy) is 2. The number of fused-ring (bicyclic) bond motifs is 3. The summed E-state index contributed by atoms with van der Waals surface area (Å²) in [5, 5.41) is 1.67. The maximum atomic E-state index is 13.2. The molecule has 3 heterocycles. The minimum absolute atomic E-state index is 0.108. The predicted molar refractivity (Wildman–Crippen MR) is 102 cm³/mol. The lowest BCUT2D eigenvalue weighted by molar-refractivity contribution is 0.128. The zero-order valence-electron chi connectivity index (χ0n) is 14.6. The highest BCUT2D eigenvalue weighted by Gasteiger charge is 2.23. The molecule has 7 heteroatoms. The second-order valence-electron chi connectivity index (χ2n) is 6.68. The van der Waals surface area contributed by atoms with Crippen molar-refractivity contribution in [3.63, 3.8) is 0 Å². The van der Waals surface area contributed by atoms with Crippen molar-refractivity contribution in [3.8, 4) is 0 Å². The number of thioether (sulfide) groups is 1. The average molecular weight is 381 g/mol. The number of thiophene rings is 1. The van der Waals surface area contributed by atoms with Gasteiger partial charge in [0.05, 0.1) is 24.6 Å². The van der Waals surface area contributed by atoms with E-state index >= 15 is 0 Å². The van der Waals surface area contributed by atoms with E-state index in [9.17, 15) is 4.79 Å². The van der Waals surface area contributed by atoms with Crippen LogP contribution in [-0.4, -0.2) is 41.7 Å². The van der Waals surface area contributed by atoms with Gasteiger partial charge >= 0.3 is 0 Å². The van der Waals surface area contributed by atoms with Gasteiger partial charge in [-0.2, -0.15) is 0 Å². The Morgan fingerprint density at radius 2 is 2.24 bits per heavy atom. The molecule has 0 amide bonds. The minimum atomic E-state index is 0.108. The zero-order chi connectivity index (χ0) is 17.2. The molecule has 1 saturated heterocycles. The molecule has 0 spiro atoms. The van der Waals surface area contributed by atoms with Crippen LogP contribution in [0.2, 0.25) is 0 Å². The Morgan fingerprint density at radius 3 is 3.04 bits per heavy atom. The van der Waals surface area contributed by atoms with Gasteiger partial charge in [0.2, 0.25) is 0 Å². The smallest absolute Gasteiger partial charge is 0.263 e.